The second kappa shape index (κ2) is 9.08. The van der Waals surface area contributed by atoms with Gasteiger partial charge in [-0.2, -0.15) is 0 Å². The molecule has 32 heavy (non-hydrogen) atoms. The van der Waals surface area contributed by atoms with Crippen molar-refractivity contribution in [3.63, 3.8) is 0 Å². The standard InChI is InChI=1S/C25H17ClO6/c1-30-25(29)17-4-2-15(3-5-17)12-23-24(28)20-11-10-19(13-22(20)32-23)31-14-21(27)16-6-8-18(26)9-7-16/h2-13H,14H2,1H3/b23-12-. The molecule has 1 heterocycles. The van der Waals surface area contributed by atoms with E-state index in [0.717, 1.165) is 0 Å². The lowest BCUT2D eigenvalue weighted by atomic mass is 10.1. The zero-order valence-corrected chi connectivity index (χ0v) is 17.7. The van der Waals surface area contributed by atoms with E-state index in [1.165, 1.54) is 7.11 Å². The molecule has 0 amide bonds. The van der Waals surface area contributed by atoms with E-state index >= 15 is 0 Å². The first-order valence-electron chi connectivity index (χ1n) is 9.63. The Balaban J connectivity index is 1.45. The molecule has 160 valence electrons. The van der Waals surface area contributed by atoms with Crippen LogP contribution in [0.15, 0.2) is 72.5 Å². The van der Waals surface area contributed by atoms with E-state index in [-0.39, 0.29) is 23.9 Å². The van der Waals surface area contributed by atoms with E-state index in [0.29, 0.717) is 38.8 Å². The average Bonchev–Trinajstić information content (AvgIpc) is 3.12. The summed E-state index contributed by atoms with van der Waals surface area (Å²) < 4.78 is 16.0. The first-order chi connectivity index (χ1) is 15.4. The normalized spacial score (nSPS) is 13.4. The van der Waals surface area contributed by atoms with Gasteiger partial charge in [-0.1, -0.05) is 23.7 Å². The van der Waals surface area contributed by atoms with Crippen LogP contribution in [0.4, 0.5) is 0 Å². The van der Waals surface area contributed by atoms with Gasteiger partial charge in [0.05, 0.1) is 18.2 Å². The molecule has 1 aliphatic heterocycles. The molecule has 3 aromatic carbocycles. The van der Waals surface area contributed by atoms with Crippen molar-refractivity contribution in [2.75, 3.05) is 13.7 Å². The Morgan fingerprint density at radius 1 is 0.969 bits per heavy atom. The lowest BCUT2D eigenvalue weighted by molar-refractivity contribution is 0.0600. The Kier molecular flexibility index (Phi) is 6.05. The second-order valence-electron chi connectivity index (χ2n) is 6.93. The summed E-state index contributed by atoms with van der Waals surface area (Å²) in [7, 11) is 1.31. The summed E-state index contributed by atoms with van der Waals surface area (Å²) in [4.78, 5) is 36.4. The maximum absolute atomic E-state index is 12.6. The Hall–Kier alpha value is -3.90. The minimum atomic E-state index is -0.438. The first kappa shape index (κ1) is 21.3. The summed E-state index contributed by atoms with van der Waals surface area (Å²) in [5.74, 6) is 0.00878. The largest absolute Gasteiger partial charge is 0.485 e. The monoisotopic (exact) mass is 448 g/mol. The topological polar surface area (TPSA) is 78.9 Å². The van der Waals surface area contributed by atoms with Crippen LogP contribution in [0.25, 0.3) is 6.08 Å². The number of halogens is 1. The van der Waals surface area contributed by atoms with E-state index < -0.39 is 5.97 Å². The Bertz CT molecular complexity index is 1230. The predicted molar refractivity (Wildman–Crippen MR) is 118 cm³/mol. The minimum Gasteiger partial charge on any atom is -0.485 e. The van der Waals surface area contributed by atoms with Gasteiger partial charge in [0.1, 0.15) is 11.5 Å². The molecular weight excluding hydrogens is 432 g/mol. The molecule has 1 aliphatic rings. The number of rotatable bonds is 6. The Labute approximate surface area is 189 Å². The van der Waals surface area contributed by atoms with E-state index in [4.69, 9.17) is 21.1 Å². The maximum Gasteiger partial charge on any atom is 0.337 e. The predicted octanol–water partition coefficient (Wildman–Crippen LogP) is 5.00. The van der Waals surface area contributed by atoms with E-state index in [2.05, 4.69) is 4.74 Å². The summed E-state index contributed by atoms with van der Waals surface area (Å²) in [6.07, 6.45) is 1.59. The summed E-state index contributed by atoms with van der Waals surface area (Å²) in [5.41, 5.74) is 2.00. The molecule has 0 aromatic heterocycles. The van der Waals surface area contributed by atoms with Gasteiger partial charge in [0.2, 0.25) is 5.78 Å². The number of esters is 1. The van der Waals surface area contributed by atoms with Gasteiger partial charge in [0.25, 0.3) is 0 Å². The van der Waals surface area contributed by atoms with E-state index in [9.17, 15) is 14.4 Å². The number of allylic oxidation sites excluding steroid dienone is 1. The number of ether oxygens (including phenoxy) is 3. The molecule has 0 aliphatic carbocycles. The van der Waals surface area contributed by atoms with Gasteiger partial charge in [0, 0.05) is 16.7 Å². The van der Waals surface area contributed by atoms with Crippen molar-refractivity contribution in [2.45, 2.75) is 0 Å². The highest BCUT2D eigenvalue weighted by Crippen LogP contribution is 2.35. The summed E-state index contributed by atoms with van der Waals surface area (Å²) >= 11 is 5.84. The lowest BCUT2D eigenvalue weighted by Crippen LogP contribution is -2.11. The molecule has 3 aromatic rings. The van der Waals surface area contributed by atoms with Gasteiger partial charge < -0.3 is 14.2 Å². The number of hydrogen-bond donors (Lipinski definition) is 0. The van der Waals surface area contributed by atoms with Crippen molar-refractivity contribution in [3.8, 4) is 11.5 Å². The van der Waals surface area contributed by atoms with Gasteiger partial charge >= 0.3 is 5.97 Å². The average molecular weight is 449 g/mol. The number of ketones is 2. The molecule has 7 heteroatoms. The third kappa shape index (κ3) is 4.55. The molecule has 0 saturated carbocycles. The van der Waals surface area contributed by atoms with Gasteiger partial charge in [-0.05, 0) is 60.2 Å². The molecule has 0 N–H and O–H groups in total. The van der Waals surface area contributed by atoms with Crippen molar-refractivity contribution in [2.24, 2.45) is 0 Å². The SMILES string of the molecule is COC(=O)c1ccc(/C=C2\Oc3cc(OCC(=O)c4ccc(Cl)cc4)ccc3C2=O)cc1. The van der Waals surface area contributed by atoms with Crippen LogP contribution in [0.1, 0.15) is 36.6 Å². The first-order valence-corrected chi connectivity index (χ1v) is 10.0. The lowest BCUT2D eigenvalue weighted by Gasteiger charge is -2.07. The summed E-state index contributed by atoms with van der Waals surface area (Å²) in [6.45, 7) is -0.163. The molecule has 6 nitrogen and oxygen atoms in total. The molecule has 0 radical (unpaired) electrons. The fourth-order valence-corrected chi connectivity index (χ4v) is 3.24. The molecule has 0 bridgehead atoms. The molecule has 4 rings (SSSR count). The van der Waals surface area contributed by atoms with Crippen molar-refractivity contribution in [1.29, 1.82) is 0 Å². The van der Waals surface area contributed by atoms with Gasteiger partial charge in [-0.3, -0.25) is 9.59 Å². The van der Waals surface area contributed by atoms with Crippen molar-refractivity contribution in [1.82, 2.24) is 0 Å². The van der Waals surface area contributed by atoms with Crippen molar-refractivity contribution < 1.29 is 28.6 Å². The number of methoxy groups -OCH3 is 1. The van der Waals surface area contributed by atoms with E-state index in [1.54, 1.807) is 72.8 Å². The number of hydrogen-bond acceptors (Lipinski definition) is 6. The quantitative estimate of drug-likeness (QED) is 0.300. The number of Topliss-reactive ketones (excluding diaryl/α,β-unsaturated/α-hetero) is 2. The maximum atomic E-state index is 12.6. The zero-order chi connectivity index (χ0) is 22.7. The summed E-state index contributed by atoms with van der Waals surface area (Å²) in [5, 5.41) is 0.547. The fraction of sp³-hybridized carbons (Fsp3) is 0.0800. The fourth-order valence-electron chi connectivity index (χ4n) is 3.11. The van der Waals surface area contributed by atoms with Crippen LogP contribution < -0.4 is 9.47 Å². The highest BCUT2D eigenvalue weighted by Gasteiger charge is 2.27. The Morgan fingerprint density at radius 3 is 2.34 bits per heavy atom. The molecule has 0 spiro atoms. The highest BCUT2D eigenvalue weighted by atomic mass is 35.5. The summed E-state index contributed by atoms with van der Waals surface area (Å²) in [6, 6.07) is 17.9. The molecule has 0 fully saturated rings. The van der Waals surface area contributed by atoms with E-state index in [1.807, 2.05) is 0 Å². The highest BCUT2D eigenvalue weighted by molar-refractivity contribution is 6.30. The number of benzene rings is 3. The third-order valence-electron chi connectivity index (χ3n) is 4.81. The zero-order valence-electron chi connectivity index (χ0n) is 17.0. The second-order valence-corrected chi connectivity index (χ2v) is 7.37. The van der Waals surface area contributed by atoms with Crippen LogP contribution in [0.2, 0.25) is 5.02 Å². The number of carbonyl (C=O) groups excluding carboxylic acids is 3. The Morgan fingerprint density at radius 2 is 1.66 bits per heavy atom. The van der Waals surface area contributed by atoms with Gasteiger partial charge in [-0.15, -0.1) is 0 Å². The molecule has 0 unspecified atom stereocenters. The minimum absolute atomic E-state index is 0.153. The van der Waals surface area contributed by atoms with Crippen LogP contribution in [-0.4, -0.2) is 31.3 Å². The van der Waals surface area contributed by atoms with Crippen LogP contribution in [0.5, 0.6) is 11.5 Å². The molecule has 0 atom stereocenters. The van der Waals surface area contributed by atoms with Crippen LogP contribution in [0, 0.1) is 0 Å². The number of carbonyl (C=O) groups is 3. The van der Waals surface area contributed by atoms with Crippen LogP contribution in [0.3, 0.4) is 0 Å². The van der Waals surface area contributed by atoms with Gasteiger partial charge in [0.15, 0.2) is 18.1 Å². The smallest absolute Gasteiger partial charge is 0.337 e. The van der Waals surface area contributed by atoms with Crippen LogP contribution in [-0.2, 0) is 4.74 Å². The third-order valence-corrected chi connectivity index (χ3v) is 5.06. The van der Waals surface area contributed by atoms with Crippen LogP contribution >= 0.6 is 11.6 Å². The van der Waals surface area contributed by atoms with Crippen molar-refractivity contribution >= 4 is 35.2 Å². The van der Waals surface area contributed by atoms with Crippen molar-refractivity contribution in [3.05, 3.63) is 99.8 Å². The molecular formula is C25H17ClO6. The number of fused-ring (bicyclic) bond motifs is 1. The molecule has 0 saturated heterocycles. The van der Waals surface area contributed by atoms with Gasteiger partial charge in [-0.25, -0.2) is 4.79 Å².